The van der Waals surface area contributed by atoms with Crippen LogP contribution in [0.2, 0.25) is 0 Å². The molecule has 148 valence electrons. The molecule has 0 aliphatic heterocycles. The molecule has 3 aromatic carbocycles. The van der Waals surface area contributed by atoms with Gasteiger partial charge in [-0.15, -0.1) is 12.4 Å². The van der Waals surface area contributed by atoms with E-state index in [0.29, 0.717) is 6.04 Å². The number of aromatic nitrogens is 2. The summed E-state index contributed by atoms with van der Waals surface area (Å²) in [5.74, 6) is 0.842. The Morgan fingerprint density at radius 2 is 1.76 bits per heavy atom. The summed E-state index contributed by atoms with van der Waals surface area (Å²) in [6, 6.07) is 22.1. The Morgan fingerprint density at radius 1 is 1.03 bits per heavy atom. The quantitative estimate of drug-likeness (QED) is 0.495. The van der Waals surface area contributed by atoms with Crippen molar-refractivity contribution in [2.24, 2.45) is 0 Å². The first-order chi connectivity index (χ1) is 13.8. The molecule has 1 heterocycles. The van der Waals surface area contributed by atoms with Gasteiger partial charge in [0.25, 0.3) is 0 Å². The first-order valence-electron chi connectivity index (χ1n) is 9.71. The smallest absolute Gasteiger partial charge is 0.128 e. The highest BCUT2D eigenvalue weighted by Gasteiger charge is 2.20. The third-order valence-electron chi connectivity index (χ3n) is 5.65. The minimum Gasteiger partial charge on any atom is -0.496 e. The van der Waals surface area contributed by atoms with Crippen molar-refractivity contribution in [3.63, 3.8) is 0 Å². The minimum absolute atomic E-state index is 0. The predicted molar refractivity (Wildman–Crippen MR) is 120 cm³/mol. The molecule has 0 atom stereocenters. The fourth-order valence-electron chi connectivity index (χ4n) is 4.12. The van der Waals surface area contributed by atoms with Crippen molar-refractivity contribution in [3.05, 3.63) is 83.7 Å². The van der Waals surface area contributed by atoms with Gasteiger partial charge in [0.15, 0.2) is 0 Å². The summed E-state index contributed by atoms with van der Waals surface area (Å²) in [7, 11) is 1.70. The van der Waals surface area contributed by atoms with E-state index < -0.39 is 0 Å². The van der Waals surface area contributed by atoms with E-state index in [9.17, 15) is 0 Å². The molecule has 1 aliphatic rings. The fourth-order valence-corrected chi connectivity index (χ4v) is 4.12. The van der Waals surface area contributed by atoms with Gasteiger partial charge in [-0.25, -0.2) is 4.98 Å². The Morgan fingerprint density at radius 3 is 2.45 bits per heavy atom. The lowest BCUT2D eigenvalue weighted by molar-refractivity contribution is 0.417. The van der Waals surface area contributed by atoms with Gasteiger partial charge in [-0.3, -0.25) is 0 Å². The van der Waals surface area contributed by atoms with Crippen LogP contribution < -0.4 is 10.1 Å². The summed E-state index contributed by atoms with van der Waals surface area (Å²) in [5, 5.41) is 3.71. The van der Waals surface area contributed by atoms with Crippen LogP contribution in [0.3, 0.4) is 0 Å². The molecule has 5 heteroatoms. The van der Waals surface area contributed by atoms with Crippen LogP contribution in [0, 0.1) is 0 Å². The van der Waals surface area contributed by atoms with Crippen molar-refractivity contribution in [3.8, 4) is 16.9 Å². The van der Waals surface area contributed by atoms with Gasteiger partial charge in [-0.05, 0) is 41.2 Å². The van der Waals surface area contributed by atoms with Gasteiger partial charge < -0.3 is 15.0 Å². The van der Waals surface area contributed by atoms with Gasteiger partial charge in [-0.2, -0.15) is 0 Å². The highest BCUT2D eigenvalue weighted by Crippen LogP contribution is 2.33. The molecule has 0 bridgehead atoms. The van der Waals surface area contributed by atoms with Crippen LogP contribution in [0.25, 0.3) is 22.2 Å². The number of H-pyrrole nitrogens is 1. The second-order valence-corrected chi connectivity index (χ2v) is 7.42. The summed E-state index contributed by atoms with van der Waals surface area (Å²) in [6.07, 6.45) is 3.95. The monoisotopic (exact) mass is 405 g/mol. The molecule has 1 aromatic heterocycles. The van der Waals surface area contributed by atoms with Crippen LogP contribution in [0.5, 0.6) is 5.75 Å². The van der Waals surface area contributed by atoms with E-state index in [-0.39, 0.29) is 12.4 Å². The highest BCUT2D eigenvalue weighted by molar-refractivity contribution is 5.86. The van der Waals surface area contributed by atoms with Crippen LogP contribution in [-0.4, -0.2) is 23.1 Å². The van der Waals surface area contributed by atoms with Gasteiger partial charge in [0, 0.05) is 24.2 Å². The third kappa shape index (κ3) is 3.86. The molecule has 0 saturated carbocycles. The lowest BCUT2D eigenvalue weighted by Crippen LogP contribution is -2.28. The number of rotatable bonds is 5. The zero-order chi connectivity index (χ0) is 18.9. The molecule has 0 unspecified atom stereocenters. The molecule has 1 aliphatic carbocycles. The molecule has 0 spiro atoms. The van der Waals surface area contributed by atoms with Crippen LogP contribution >= 0.6 is 12.4 Å². The zero-order valence-electron chi connectivity index (χ0n) is 16.3. The number of halogens is 1. The molecule has 2 N–H and O–H groups in total. The van der Waals surface area contributed by atoms with Crippen molar-refractivity contribution >= 4 is 23.4 Å². The summed E-state index contributed by atoms with van der Waals surface area (Å²) in [6.45, 7) is 0.885. The topological polar surface area (TPSA) is 49.9 Å². The average molecular weight is 406 g/mol. The summed E-state index contributed by atoms with van der Waals surface area (Å²) in [5.41, 5.74) is 8.41. The van der Waals surface area contributed by atoms with Crippen LogP contribution in [-0.2, 0) is 19.4 Å². The fraction of sp³-hybridized carbons (Fsp3) is 0.208. The molecule has 0 saturated heterocycles. The zero-order valence-corrected chi connectivity index (χ0v) is 17.1. The van der Waals surface area contributed by atoms with Crippen LogP contribution in [0.1, 0.15) is 16.7 Å². The van der Waals surface area contributed by atoms with E-state index in [1.165, 1.54) is 16.7 Å². The number of nitrogens with zero attached hydrogens (tertiary/aromatic N) is 1. The minimum atomic E-state index is 0. The van der Waals surface area contributed by atoms with Crippen molar-refractivity contribution in [1.29, 1.82) is 0 Å². The van der Waals surface area contributed by atoms with Gasteiger partial charge >= 0.3 is 0 Å². The number of ether oxygens (including phenoxy) is 1. The molecule has 0 fully saturated rings. The van der Waals surface area contributed by atoms with E-state index in [1.807, 2.05) is 6.07 Å². The molecule has 29 heavy (non-hydrogen) atoms. The standard InChI is InChI=1S/C24H23N3O.ClH/c1-28-24-13-23-22(26-15-27-23)12-21(24)17-8-6-16(7-9-17)14-25-20-10-18-4-2-3-5-19(18)11-20;/h2-9,12-13,15,20,25H,10-11,14H2,1H3,(H,26,27);1H. The summed E-state index contributed by atoms with van der Waals surface area (Å²) < 4.78 is 5.59. The van der Waals surface area contributed by atoms with Gasteiger partial charge in [0.05, 0.1) is 24.5 Å². The Balaban J connectivity index is 0.00000205. The van der Waals surface area contributed by atoms with Crippen molar-refractivity contribution < 1.29 is 4.74 Å². The van der Waals surface area contributed by atoms with Crippen LogP contribution in [0.15, 0.2) is 67.0 Å². The van der Waals surface area contributed by atoms with E-state index in [1.54, 1.807) is 13.4 Å². The molecule has 0 amide bonds. The van der Waals surface area contributed by atoms with Crippen LogP contribution in [0.4, 0.5) is 0 Å². The second kappa shape index (κ2) is 8.27. The number of hydrogen-bond donors (Lipinski definition) is 2. The maximum Gasteiger partial charge on any atom is 0.128 e. The molecular weight excluding hydrogens is 382 g/mol. The Labute approximate surface area is 176 Å². The van der Waals surface area contributed by atoms with E-state index >= 15 is 0 Å². The summed E-state index contributed by atoms with van der Waals surface area (Å²) in [4.78, 5) is 7.48. The maximum atomic E-state index is 5.59. The average Bonchev–Trinajstić information content (AvgIpc) is 3.37. The van der Waals surface area contributed by atoms with Gasteiger partial charge in [0.1, 0.15) is 5.75 Å². The van der Waals surface area contributed by atoms with E-state index in [4.69, 9.17) is 4.74 Å². The predicted octanol–water partition coefficient (Wildman–Crippen LogP) is 4.92. The number of fused-ring (bicyclic) bond motifs is 2. The first-order valence-corrected chi connectivity index (χ1v) is 9.71. The van der Waals surface area contributed by atoms with Crippen molar-refractivity contribution in [2.75, 3.05) is 7.11 Å². The largest absolute Gasteiger partial charge is 0.496 e. The lowest BCUT2D eigenvalue weighted by Gasteiger charge is -2.13. The Kier molecular flexibility index (Phi) is 5.56. The van der Waals surface area contributed by atoms with Crippen molar-refractivity contribution in [1.82, 2.24) is 15.3 Å². The molecule has 0 radical (unpaired) electrons. The highest BCUT2D eigenvalue weighted by atomic mass is 35.5. The van der Waals surface area contributed by atoms with E-state index in [0.717, 1.165) is 47.3 Å². The number of methoxy groups -OCH3 is 1. The SMILES string of the molecule is COc1cc2nc[nH]c2cc1-c1ccc(CNC2Cc3ccccc3C2)cc1.Cl. The number of benzene rings is 3. The number of imidazole rings is 1. The molecular formula is C24H24ClN3O. The normalized spacial score (nSPS) is 13.3. The lowest BCUT2D eigenvalue weighted by atomic mass is 10.0. The molecule has 4 nitrogen and oxygen atoms in total. The number of nitrogens with one attached hydrogen (secondary N) is 2. The van der Waals surface area contributed by atoms with Gasteiger partial charge in [0.2, 0.25) is 0 Å². The molecule has 4 aromatic rings. The second-order valence-electron chi connectivity index (χ2n) is 7.42. The number of aromatic amines is 1. The van der Waals surface area contributed by atoms with E-state index in [2.05, 4.69) is 69.9 Å². The number of hydrogen-bond acceptors (Lipinski definition) is 3. The van der Waals surface area contributed by atoms with Crippen molar-refractivity contribution in [2.45, 2.75) is 25.4 Å². The summed E-state index contributed by atoms with van der Waals surface area (Å²) >= 11 is 0. The third-order valence-corrected chi connectivity index (χ3v) is 5.65. The maximum absolute atomic E-state index is 5.59. The first kappa shape index (κ1) is 19.5. The molecule has 5 rings (SSSR count). The van der Waals surface area contributed by atoms with Gasteiger partial charge in [-0.1, -0.05) is 48.5 Å². The Bertz CT molecular complexity index is 1100. The Hall–Kier alpha value is -2.82.